The van der Waals surface area contributed by atoms with Gasteiger partial charge in [-0.05, 0) is 31.5 Å². The summed E-state index contributed by atoms with van der Waals surface area (Å²) >= 11 is 0. The van der Waals surface area contributed by atoms with E-state index < -0.39 is 0 Å². The standard InChI is InChI=1S/C15H24N4/c1-2-16-12-13-4-3-5-15(17-13)19-10-8-18(9-11-19)14-6-7-14/h3-5,14,16H,2,6-12H2,1H3. The number of anilines is 1. The Morgan fingerprint density at radius 2 is 2.00 bits per heavy atom. The molecule has 0 aromatic carbocycles. The summed E-state index contributed by atoms with van der Waals surface area (Å²) in [4.78, 5) is 9.83. The van der Waals surface area contributed by atoms with Crippen LogP contribution in [0.1, 0.15) is 25.5 Å². The van der Waals surface area contributed by atoms with E-state index >= 15 is 0 Å². The highest BCUT2D eigenvalue weighted by atomic mass is 15.3. The Morgan fingerprint density at radius 3 is 2.68 bits per heavy atom. The summed E-state index contributed by atoms with van der Waals surface area (Å²) in [6.07, 6.45) is 2.83. The zero-order chi connectivity index (χ0) is 13.1. The first-order valence-electron chi connectivity index (χ1n) is 7.52. The van der Waals surface area contributed by atoms with Crippen molar-refractivity contribution in [2.45, 2.75) is 32.4 Å². The zero-order valence-corrected chi connectivity index (χ0v) is 11.8. The number of aromatic nitrogens is 1. The molecule has 0 bridgehead atoms. The molecule has 1 aliphatic heterocycles. The molecule has 1 aromatic rings. The topological polar surface area (TPSA) is 31.4 Å². The molecule has 0 amide bonds. The van der Waals surface area contributed by atoms with Crippen molar-refractivity contribution in [3.63, 3.8) is 0 Å². The summed E-state index contributed by atoms with van der Waals surface area (Å²) < 4.78 is 0. The van der Waals surface area contributed by atoms with Gasteiger partial charge in [-0.3, -0.25) is 4.90 Å². The van der Waals surface area contributed by atoms with Gasteiger partial charge in [0.1, 0.15) is 5.82 Å². The van der Waals surface area contributed by atoms with E-state index in [2.05, 4.69) is 40.2 Å². The third-order valence-corrected chi connectivity index (χ3v) is 4.05. The van der Waals surface area contributed by atoms with Crippen LogP contribution in [-0.2, 0) is 6.54 Å². The molecule has 4 nitrogen and oxygen atoms in total. The molecule has 0 spiro atoms. The second-order valence-electron chi connectivity index (χ2n) is 5.52. The van der Waals surface area contributed by atoms with E-state index in [0.29, 0.717) is 0 Å². The summed E-state index contributed by atoms with van der Waals surface area (Å²) in [5.41, 5.74) is 1.14. The number of hydrogen-bond acceptors (Lipinski definition) is 4. The molecule has 2 aliphatic rings. The van der Waals surface area contributed by atoms with Crippen LogP contribution in [0.2, 0.25) is 0 Å². The van der Waals surface area contributed by atoms with Crippen molar-refractivity contribution in [2.24, 2.45) is 0 Å². The van der Waals surface area contributed by atoms with Crippen molar-refractivity contribution in [1.29, 1.82) is 0 Å². The Balaban J connectivity index is 1.59. The van der Waals surface area contributed by atoms with Gasteiger partial charge in [-0.2, -0.15) is 0 Å². The maximum absolute atomic E-state index is 4.76. The lowest BCUT2D eigenvalue weighted by atomic mass is 10.2. The lowest BCUT2D eigenvalue weighted by molar-refractivity contribution is 0.247. The SMILES string of the molecule is CCNCc1cccc(N2CCN(C3CC3)CC2)n1. The minimum Gasteiger partial charge on any atom is -0.354 e. The molecule has 104 valence electrons. The van der Waals surface area contributed by atoms with Crippen molar-refractivity contribution < 1.29 is 0 Å². The summed E-state index contributed by atoms with van der Waals surface area (Å²) in [6.45, 7) is 8.62. The van der Waals surface area contributed by atoms with Gasteiger partial charge < -0.3 is 10.2 Å². The lowest BCUT2D eigenvalue weighted by Crippen LogP contribution is -2.47. The first-order valence-corrected chi connectivity index (χ1v) is 7.52. The molecule has 0 atom stereocenters. The van der Waals surface area contributed by atoms with E-state index in [1.54, 1.807) is 0 Å². The quantitative estimate of drug-likeness (QED) is 0.869. The predicted molar refractivity (Wildman–Crippen MR) is 78.4 cm³/mol. The van der Waals surface area contributed by atoms with Gasteiger partial charge in [-0.1, -0.05) is 13.0 Å². The van der Waals surface area contributed by atoms with Crippen LogP contribution >= 0.6 is 0 Å². The molecular formula is C15H24N4. The monoisotopic (exact) mass is 260 g/mol. The third kappa shape index (κ3) is 3.25. The van der Waals surface area contributed by atoms with E-state index in [0.717, 1.165) is 43.7 Å². The number of pyridine rings is 1. The van der Waals surface area contributed by atoms with Gasteiger partial charge in [0, 0.05) is 38.8 Å². The second-order valence-corrected chi connectivity index (χ2v) is 5.52. The van der Waals surface area contributed by atoms with Crippen LogP contribution in [0.5, 0.6) is 0 Å². The third-order valence-electron chi connectivity index (χ3n) is 4.05. The Morgan fingerprint density at radius 1 is 1.21 bits per heavy atom. The summed E-state index contributed by atoms with van der Waals surface area (Å²) in [6, 6.07) is 7.27. The largest absolute Gasteiger partial charge is 0.354 e. The Kier molecular flexibility index (Phi) is 3.99. The molecule has 4 heteroatoms. The first kappa shape index (κ1) is 12.9. The summed E-state index contributed by atoms with van der Waals surface area (Å²) in [5, 5.41) is 3.34. The van der Waals surface area contributed by atoms with Crippen LogP contribution in [0.4, 0.5) is 5.82 Å². The Bertz CT molecular complexity index is 408. The average molecular weight is 260 g/mol. The van der Waals surface area contributed by atoms with Gasteiger partial charge in [-0.25, -0.2) is 4.98 Å². The van der Waals surface area contributed by atoms with Crippen molar-refractivity contribution in [1.82, 2.24) is 15.2 Å². The van der Waals surface area contributed by atoms with E-state index in [-0.39, 0.29) is 0 Å². The molecule has 1 aliphatic carbocycles. The van der Waals surface area contributed by atoms with Gasteiger partial charge in [-0.15, -0.1) is 0 Å². The first-order chi connectivity index (χ1) is 9.36. The van der Waals surface area contributed by atoms with Crippen LogP contribution in [-0.4, -0.2) is 48.6 Å². The highest BCUT2D eigenvalue weighted by molar-refractivity contribution is 5.40. The molecule has 19 heavy (non-hydrogen) atoms. The smallest absolute Gasteiger partial charge is 0.128 e. The molecule has 1 aromatic heterocycles. The van der Waals surface area contributed by atoms with Crippen LogP contribution in [0.15, 0.2) is 18.2 Å². The number of hydrogen-bond donors (Lipinski definition) is 1. The van der Waals surface area contributed by atoms with Crippen LogP contribution in [0, 0.1) is 0 Å². The van der Waals surface area contributed by atoms with Crippen LogP contribution in [0.25, 0.3) is 0 Å². The molecule has 1 saturated carbocycles. The second kappa shape index (κ2) is 5.88. The van der Waals surface area contributed by atoms with Crippen molar-refractivity contribution in [3.05, 3.63) is 23.9 Å². The fourth-order valence-corrected chi connectivity index (χ4v) is 2.75. The van der Waals surface area contributed by atoms with Crippen molar-refractivity contribution in [2.75, 3.05) is 37.6 Å². The zero-order valence-electron chi connectivity index (χ0n) is 11.8. The number of nitrogens with zero attached hydrogens (tertiary/aromatic N) is 3. The van der Waals surface area contributed by atoms with Gasteiger partial charge in [0.15, 0.2) is 0 Å². The normalized spacial score (nSPS) is 20.8. The Hall–Kier alpha value is -1.13. The van der Waals surface area contributed by atoms with Crippen molar-refractivity contribution in [3.8, 4) is 0 Å². The van der Waals surface area contributed by atoms with Gasteiger partial charge >= 0.3 is 0 Å². The molecule has 2 heterocycles. The highest BCUT2D eigenvalue weighted by Crippen LogP contribution is 2.28. The lowest BCUT2D eigenvalue weighted by Gasteiger charge is -2.35. The minimum atomic E-state index is 0.867. The predicted octanol–water partition coefficient (Wildman–Crippen LogP) is 1.48. The maximum atomic E-state index is 4.76. The summed E-state index contributed by atoms with van der Waals surface area (Å²) in [5.74, 6) is 1.14. The molecule has 3 rings (SSSR count). The number of rotatable bonds is 5. The highest BCUT2D eigenvalue weighted by Gasteiger charge is 2.31. The number of nitrogens with one attached hydrogen (secondary N) is 1. The molecule has 2 fully saturated rings. The molecule has 1 saturated heterocycles. The fraction of sp³-hybridized carbons (Fsp3) is 0.667. The van der Waals surface area contributed by atoms with E-state index in [4.69, 9.17) is 4.98 Å². The molecule has 1 N–H and O–H groups in total. The minimum absolute atomic E-state index is 0.867. The Labute approximate surface area is 115 Å². The van der Waals surface area contributed by atoms with Gasteiger partial charge in [0.05, 0.1) is 5.69 Å². The molecular weight excluding hydrogens is 236 g/mol. The summed E-state index contributed by atoms with van der Waals surface area (Å²) in [7, 11) is 0. The van der Waals surface area contributed by atoms with E-state index in [1.807, 2.05) is 0 Å². The number of piperazine rings is 1. The van der Waals surface area contributed by atoms with Gasteiger partial charge in [0.25, 0.3) is 0 Å². The van der Waals surface area contributed by atoms with Gasteiger partial charge in [0.2, 0.25) is 0 Å². The van der Waals surface area contributed by atoms with Crippen molar-refractivity contribution >= 4 is 5.82 Å². The molecule has 0 unspecified atom stereocenters. The van der Waals surface area contributed by atoms with Crippen LogP contribution < -0.4 is 10.2 Å². The van der Waals surface area contributed by atoms with E-state index in [1.165, 1.54) is 25.9 Å². The maximum Gasteiger partial charge on any atom is 0.128 e. The van der Waals surface area contributed by atoms with E-state index in [9.17, 15) is 0 Å². The average Bonchev–Trinajstić information content (AvgIpc) is 3.30. The molecule has 0 radical (unpaired) electrons. The fourth-order valence-electron chi connectivity index (χ4n) is 2.75. The van der Waals surface area contributed by atoms with Crippen LogP contribution in [0.3, 0.4) is 0 Å².